The maximum Gasteiger partial charge on any atom is 2.00 e. The van der Waals surface area contributed by atoms with Gasteiger partial charge in [-0.3, -0.25) is 0 Å². The molecule has 0 heterocycles. The first-order chi connectivity index (χ1) is 11.1. The monoisotopic (exact) mass is 660 g/mol. The van der Waals surface area contributed by atoms with Gasteiger partial charge in [-0.25, -0.2) is 27.4 Å². The Balaban J connectivity index is -0.0000000213. The van der Waals surface area contributed by atoms with Crippen molar-refractivity contribution in [3.63, 3.8) is 0 Å². The van der Waals surface area contributed by atoms with E-state index in [1.165, 1.54) is 0 Å². The molecule has 0 aromatic rings. The molecule has 0 aromatic carbocycles. The molecule has 0 aromatic heterocycles. The fraction of sp³-hybridized carbons (Fsp3) is 0. The van der Waals surface area contributed by atoms with Crippen molar-refractivity contribution in [2.45, 2.75) is 0 Å². The van der Waals surface area contributed by atoms with Gasteiger partial charge in [0.05, 0.1) is 0 Å². The van der Waals surface area contributed by atoms with Crippen molar-refractivity contribution >= 4 is 160 Å². The van der Waals surface area contributed by atoms with Gasteiger partial charge in [-0.1, -0.05) is 0 Å². The van der Waals surface area contributed by atoms with Crippen LogP contribution in [0.15, 0.2) is 0 Å². The van der Waals surface area contributed by atoms with E-state index in [0.717, 1.165) is 0 Å². The Morgan fingerprint density at radius 3 is 0.400 bits per heavy atom. The van der Waals surface area contributed by atoms with E-state index in [0.29, 0.717) is 0 Å². The summed E-state index contributed by atoms with van der Waals surface area (Å²) in [5.74, 6) is 0. The van der Waals surface area contributed by atoms with Crippen molar-refractivity contribution in [2.24, 2.45) is 0 Å². The van der Waals surface area contributed by atoms with Crippen LogP contribution in [0.5, 0.6) is 0 Å². The van der Waals surface area contributed by atoms with Crippen molar-refractivity contribution in [3.05, 3.63) is 0 Å². The van der Waals surface area contributed by atoms with E-state index in [-0.39, 0.29) is 122 Å². The first-order valence-electron chi connectivity index (χ1n) is 4.59. The second-order valence-electron chi connectivity index (χ2n) is 3.19. The minimum atomic E-state index is -5.05. The molecule has 0 atom stereocenters. The molecule has 21 nitrogen and oxygen atoms in total. The summed E-state index contributed by atoms with van der Waals surface area (Å²) in [4.78, 5) is 93.0. The van der Waals surface area contributed by atoms with E-state index in [1.54, 1.807) is 0 Å². The largest absolute Gasteiger partial charge is 2.00 e. The number of hydrogen-bond donors (Lipinski definition) is 12. The Morgan fingerprint density at radius 2 is 0.400 bits per heavy atom. The topological polar surface area (TPSA) is 373 Å². The summed E-state index contributed by atoms with van der Waals surface area (Å²) >= 11 is 0. The molecule has 0 bridgehead atoms. The first kappa shape index (κ1) is 47.7. The van der Waals surface area contributed by atoms with Crippen LogP contribution in [0, 0.1) is 0 Å². The minimum absolute atomic E-state index is 0. The number of phosphoric acid groups is 6. The van der Waals surface area contributed by atoms with Crippen molar-refractivity contribution in [3.8, 4) is 0 Å². The molecule has 30 heteroatoms. The Kier molecular flexibility index (Phi) is 29.8. The van der Waals surface area contributed by atoms with Crippen LogP contribution in [0.2, 0.25) is 0 Å². The summed E-state index contributed by atoms with van der Waals surface area (Å²) in [6.07, 6.45) is 0. The standard InChI is InChI=1S/3Ca.3H4O7P2.6H/c;;;3*1-8(2,3)7-9(4,5)6;;;;;;/h;;;3*(H2,1,2,3)(H2,4,5,6);;;;;;/q3*+2;;;;6*-1. The molecule has 12 N–H and O–H groups in total. The summed E-state index contributed by atoms with van der Waals surface area (Å²) in [7, 11) is -30.3. The maximum absolute atomic E-state index is 9.63. The fourth-order valence-corrected chi connectivity index (χ4v) is 3.74. The molecule has 0 saturated heterocycles. The Bertz CT molecular complexity index is 579. The van der Waals surface area contributed by atoms with E-state index in [4.69, 9.17) is 58.7 Å². The predicted octanol–water partition coefficient (Wildman–Crippen LogP) is -2.90. The van der Waals surface area contributed by atoms with Gasteiger partial charge in [0.25, 0.3) is 0 Å². The normalized spacial score (nSPS) is 12.4. The molecule has 0 aliphatic carbocycles. The Labute approximate surface area is 264 Å². The van der Waals surface area contributed by atoms with Crippen LogP contribution >= 0.6 is 46.9 Å². The molecule has 0 unspecified atom stereocenters. The maximum atomic E-state index is 9.63. The third-order valence-electron chi connectivity index (χ3n) is 0.638. The second-order valence-corrected chi connectivity index (χ2v) is 11.0. The molecule has 0 amide bonds. The van der Waals surface area contributed by atoms with E-state index in [1.807, 2.05) is 0 Å². The Morgan fingerprint density at radius 1 is 0.333 bits per heavy atom. The molecule has 0 radical (unpaired) electrons. The van der Waals surface area contributed by atoms with Gasteiger partial charge in [0.15, 0.2) is 0 Å². The molecule has 0 saturated carbocycles. The van der Waals surface area contributed by atoms with Crippen molar-refractivity contribution in [1.82, 2.24) is 0 Å². The summed E-state index contributed by atoms with van der Waals surface area (Å²) in [5.41, 5.74) is 0. The summed E-state index contributed by atoms with van der Waals surface area (Å²) in [6.45, 7) is 0. The van der Waals surface area contributed by atoms with Crippen LogP contribution in [0.1, 0.15) is 8.56 Å². The van der Waals surface area contributed by atoms with E-state index in [2.05, 4.69) is 12.9 Å². The molecule has 0 rings (SSSR count). The van der Waals surface area contributed by atoms with Gasteiger partial charge < -0.3 is 67.3 Å². The van der Waals surface area contributed by atoms with Crippen molar-refractivity contribution in [1.29, 1.82) is 0 Å². The number of rotatable bonds is 6. The average molecular weight is 660 g/mol. The average Bonchev–Trinajstić information content (AvgIpc) is 1.96. The predicted molar refractivity (Wildman–Crippen MR) is 99.5 cm³/mol. The fourth-order valence-electron chi connectivity index (χ4n) is 0.416. The van der Waals surface area contributed by atoms with Crippen LogP contribution in [-0.4, -0.2) is 172 Å². The van der Waals surface area contributed by atoms with Gasteiger partial charge in [0, 0.05) is 0 Å². The van der Waals surface area contributed by atoms with Crippen LogP contribution < -0.4 is 0 Å². The van der Waals surface area contributed by atoms with Crippen LogP contribution in [0.3, 0.4) is 0 Å². The van der Waals surface area contributed by atoms with Gasteiger partial charge in [0.1, 0.15) is 0 Å². The third-order valence-corrected chi connectivity index (χ3v) is 5.74. The molecular formula is H18Ca3O21P6. The molecular weight excluding hydrogens is 642 g/mol. The van der Waals surface area contributed by atoms with Crippen molar-refractivity contribution < 1.29 is 108 Å². The zero-order valence-corrected chi connectivity index (χ0v) is 25.8. The van der Waals surface area contributed by atoms with E-state index in [9.17, 15) is 27.4 Å². The van der Waals surface area contributed by atoms with Gasteiger partial charge in [-0.2, -0.15) is 12.9 Å². The Hall–Kier alpha value is 4.56. The summed E-state index contributed by atoms with van der Waals surface area (Å²) in [5, 5.41) is 0. The smallest absolute Gasteiger partial charge is 1.00 e. The summed E-state index contributed by atoms with van der Waals surface area (Å²) < 4.78 is 66.6. The minimum Gasteiger partial charge on any atom is -1.00 e. The number of hydrogen-bond acceptors (Lipinski definition) is 9. The van der Waals surface area contributed by atoms with Crippen molar-refractivity contribution in [2.75, 3.05) is 0 Å². The summed E-state index contributed by atoms with van der Waals surface area (Å²) in [6, 6.07) is 0. The van der Waals surface area contributed by atoms with Gasteiger partial charge in [0.2, 0.25) is 0 Å². The third kappa shape index (κ3) is 63.7. The van der Waals surface area contributed by atoms with Gasteiger partial charge >= 0.3 is 160 Å². The van der Waals surface area contributed by atoms with Crippen LogP contribution in [0.25, 0.3) is 0 Å². The van der Waals surface area contributed by atoms with E-state index < -0.39 is 46.9 Å². The van der Waals surface area contributed by atoms with Crippen LogP contribution in [0.4, 0.5) is 0 Å². The quantitative estimate of drug-likeness (QED) is 0.100. The molecule has 180 valence electrons. The van der Waals surface area contributed by atoms with Gasteiger partial charge in [-0.15, -0.1) is 0 Å². The zero-order valence-electron chi connectivity index (χ0n) is 19.8. The first-order valence-corrected chi connectivity index (χ1v) is 13.8. The molecule has 0 aliphatic heterocycles. The zero-order chi connectivity index (χ0) is 23.1. The molecule has 30 heavy (non-hydrogen) atoms. The molecule has 0 fully saturated rings. The second kappa shape index (κ2) is 18.7. The SMILES string of the molecule is O=P(O)(O)OP(=O)(O)O.O=P(O)(O)OP(=O)(O)O.O=P(O)(O)OP(=O)(O)O.[Ca+2].[Ca+2].[Ca+2].[H-].[H-].[H-].[H-].[H-].[H-]. The van der Waals surface area contributed by atoms with Crippen LogP contribution in [-0.2, 0) is 40.3 Å². The van der Waals surface area contributed by atoms with Gasteiger partial charge in [-0.05, 0) is 0 Å². The molecule has 0 spiro atoms. The molecule has 0 aliphatic rings. The van der Waals surface area contributed by atoms with E-state index >= 15 is 0 Å².